The first-order valence-electron chi connectivity index (χ1n) is 10.8. The monoisotopic (exact) mass is 433 g/mol. The molecule has 3 atom stereocenters. The predicted molar refractivity (Wildman–Crippen MR) is 111 cm³/mol. The Kier molecular flexibility index (Phi) is 5.77. The van der Waals surface area contributed by atoms with Crippen molar-refractivity contribution in [3.8, 4) is 0 Å². The Morgan fingerprint density at radius 3 is 2.65 bits per heavy atom. The Bertz CT molecular complexity index is 963. The molecule has 1 aromatic heterocycles. The summed E-state index contributed by atoms with van der Waals surface area (Å²) in [5, 5.41) is 10.0. The van der Waals surface area contributed by atoms with Crippen LogP contribution >= 0.6 is 0 Å². The second kappa shape index (κ2) is 8.22. The molecule has 4 rings (SSSR count). The van der Waals surface area contributed by atoms with E-state index in [0.29, 0.717) is 44.0 Å². The van der Waals surface area contributed by atoms with Gasteiger partial charge in [-0.05, 0) is 51.7 Å². The first-order chi connectivity index (χ1) is 14.7. The highest BCUT2D eigenvalue weighted by molar-refractivity contribution is 5.66. The molecule has 2 aliphatic rings. The molecule has 0 radical (unpaired) electrons. The maximum Gasteiger partial charge on any atom is 0.408 e. The minimum atomic E-state index is -1.02. The van der Waals surface area contributed by atoms with E-state index in [1.165, 1.54) is 11.0 Å². The molecule has 0 aliphatic carbocycles. The lowest BCUT2D eigenvalue weighted by atomic mass is 9.91. The van der Waals surface area contributed by atoms with Crippen molar-refractivity contribution in [2.24, 2.45) is 0 Å². The highest BCUT2D eigenvalue weighted by atomic mass is 19.2. The van der Waals surface area contributed by atoms with Crippen LogP contribution < -0.4 is 0 Å². The number of carboxylic acid groups (broad SMARTS) is 1. The number of benzene rings is 1. The van der Waals surface area contributed by atoms with Crippen molar-refractivity contribution < 1.29 is 23.4 Å². The van der Waals surface area contributed by atoms with Crippen LogP contribution in [0.5, 0.6) is 0 Å². The third kappa shape index (κ3) is 4.05. The van der Waals surface area contributed by atoms with Crippen molar-refractivity contribution in [2.45, 2.75) is 70.0 Å². The Balaban J connectivity index is 1.81. The molecule has 1 aromatic carbocycles. The lowest BCUT2D eigenvalue weighted by Crippen LogP contribution is -2.47. The van der Waals surface area contributed by atoms with E-state index in [0.717, 1.165) is 18.2 Å². The summed E-state index contributed by atoms with van der Waals surface area (Å²) < 4.78 is 36.2. The molecule has 1 unspecified atom stereocenters. The van der Waals surface area contributed by atoms with Gasteiger partial charge in [-0.3, -0.25) is 4.90 Å². The van der Waals surface area contributed by atoms with Crippen molar-refractivity contribution >= 4 is 6.09 Å². The fourth-order valence-electron chi connectivity index (χ4n) is 4.98. The van der Waals surface area contributed by atoms with Crippen LogP contribution in [0.3, 0.4) is 0 Å². The van der Waals surface area contributed by atoms with Crippen molar-refractivity contribution in [2.75, 3.05) is 13.2 Å². The molecule has 0 saturated carbocycles. The Morgan fingerprint density at radius 2 is 2.00 bits per heavy atom. The predicted octanol–water partition coefficient (Wildman–Crippen LogP) is 5.06. The molecule has 8 heteroatoms. The number of fused-ring (bicyclic) bond motifs is 1. The fraction of sp³-hybridized carbons (Fsp3) is 0.565. The number of halogens is 2. The number of rotatable bonds is 3. The van der Waals surface area contributed by atoms with Crippen LogP contribution in [-0.4, -0.2) is 44.4 Å². The van der Waals surface area contributed by atoms with Crippen molar-refractivity contribution in [3.63, 3.8) is 0 Å². The first-order valence-corrected chi connectivity index (χ1v) is 10.8. The second-order valence-electron chi connectivity index (χ2n) is 9.47. The topological polar surface area (TPSA) is 67.6 Å². The number of aromatic nitrogens is 2. The molecule has 31 heavy (non-hydrogen) atoms. The highest BCUT2D eigenvalue weighted by Crippen LogP contribution is 2.41. The largest absolute Gasteiger partial charge is 0.465 e. The van der Waals surface area contributed by atoms with Gasteiger partial charge in [-0.15, -0.1) is 0 Å². The summed E-state index contributed by atoms with van der Waals surface area (Å²) in [5.41, 5.74) is 0.653. The quantitative estimate of drug-likeness (QED) is 0.735. The third-order valence-electron chi connectivity index (χ3n) is 6.42. The van der Waals surface area contributed by atoms with Crippen LogP contribution in [0.1, 0.15) is 75.0 Å². The molecular formula is C23H29F2N3O3. The van der Waals surface area contributed by atoms with Gasteiger partial charge in [0, 0.05) is 42.4 Å². The molecule has 2 aromatic rings. The number of carbonyl (C=O) groups is 1. The van der Waals surface area contributed by atoms with E-state index in [9.17, 15) is 18.7 Å². The number of nitrogens with zero attached hydrogens (tertiary/aromatic N) is 3. The molecule has 168 valence electrons. The normalized spacial score (nSPS) is 24.0. The van der Waals surface area contributed by atoms with Gasteiger partial charge in [0.25, 0.3) is 0 Å². The molecular weight excluding hydrogens is 404 g/mol. The van der Waals surface area contributed by atoms with Gasteiger partial charge in [-0.1, -0.05) is 12.1 Å². The average molecular weight is 433 g/mol. The molecule has 1 saturated heterocycles. The van der Waals surface area contributed by atoms with E-state index in [2.05, 4.69) is 4.98 Å². The third-order valence-corrected chi connectivity index (χ3v) is 6.42. The second-order valence-corrected chi connectivity index (χ2v) is 9.47. The smallest absolute Gasteiger partial charge is 0.408 e. The molecule has 1 fully saturated rings. The van der Waals surface area contributed by atoms with E-state index >= 15 is 0 Å². The minimum absolute atomic E-state index is 0.158. The maximum absolute atomic E-state index is 14.7. The molecule has 6 nitrogen and oxygen atoms in total. The zero-order chi connectivity index (χ0) is 22.3. The van der Waals surface area contributed by atoms with Crippen molar-refractivity contribution in [1.29, 1.82) is 0 Å². The van der Waals surface area contributed by atoms with Gasteiger partial charge in [0.15, 0.2) is 11.6 Å². The summed E-state index contributed by atoms with van der Waals surface area (Å²) in [4.78, 5) is 18.3. The Morgan fingerprint density at radius 1 is 1.23 bits per heavy atom. The Hall–Kier alpha value is -2.48. The lowest BCUT2D eigenvalue weighted by molar-refractivity contribution is 0.0633. The van der Waals surface area contributed by atoms with Crippen LogP contribution in [0.25, 0.3) is 0 Å². The number of ether oxygens (including phenoxy) is 1. The minimum Gasteiger partial charge on any atom is -0.465 e. The fourth-order valence-corrected chi connectivity index (χ4v) is 4.98. The van der Waals surface area contributed by atoms with Crippen molar-refractivity contribution in [1.82, 2.24) is 14.5 Å². The summed E-state index contributed by atoms with van der Waals surface area (Å²) in [5.74, 6) is -1.16. The maximum atomic E-state index is 14.7. The van der Waals surface area contributed by atoms with Crippen LogP contribution in [0, 0.1) is 11.6 Å². The molecule has 3 heterocycles. The summed E-state index contributed by atoms with van der Waals surface area (Å²) in [6.45, 7) is 7.24. The van der Waals surface area contributed by atoms with Crippen LogP contribution in [0.4, 0.5) is 13.6 Å². The Labute approximate surface area is 180 Å². The summed E-state index contributed by atoms with van der Waals surface area (Å²) in [6, 6.07) is 3.79. The number of imidazole rings is 1. The van der Waals surface area contributed by atoms with E-state index in [1.54, 1.807) is 12.3 Å². The molecule has 1 amide bonds. The van der Waals surface area contributed by atoms with Gasteiger partial charge >= 0.3 is 6.09 Å². The number of amides is 1. The van der Waals surface area contributed by atoms with E-state index in [4.69, 9.17) is 4.74 Å². The first kappa shape index (κ1) is 21.7. The summed E-state index contributed by atoms with van der Waals surface area (Å²) in [7, 11) is 0. The van der Waals surface area contributed by atoms with E-state index < -0.39 is 29.3 Å². The number of hydrogen-bond acceptors (Lipinski definition) is 3. The van der Waals surface area contributed by atoms with Crippen LogP contribution in [0.15, 0.2) is 24.4 Å². The molecule has 0 spiro atoms. The van der Waals surface area contributed by atoms with Crippen LogP contribution in [-0.2, 0) is 11.3 Å². The van der Waals surface area contributed by atoms with Gasteiger partial charge in [-0.25, -0.2) is 18.6 Å². The molecule has 1 N–H and O–H groups in total. The van der Waals surface area contributed by atoms with Gasteiger partial charge in [0.2, 0.25) is 0 Å². The standard InChI is InChI=1S/C23H29F2N3O3/c1-23(2,3)28(22(29)30)18-8-7-14(16-5-4-6-17(24)20(16)25)12-27-19(11-26-21(18)27)15-9-10-31-13-15/h4-6,11,14-15,18H,7-10,12-13H2,1-3H3,(H,29,30)/t14-,15?,18-/m1/s1. The van der Waals surface area contributed by atoms with E-state index in [1.807, 2.05) is 25.3 Å². The van der Waals surface area contributed by atoms with Gasteiger partial charge < -0.3 is 14.4 Å². The molecule has 2 aliphatic heterocycles. The zero-order valence-corrected chi connectivity index (χ0v) is 18.1. The molecule has 0 bridgehead atoms. The van der Waals surface area contributed by atoms with Crippen molar-refractivity contribution in [3.05, 3.63) is 53.1 Å². The van der Waals surface area contributed by atoms with Gasteiger partial charge in [0.1, 0.15) is 5.82 Å². The van der Waals surface area contributed by atoms with E-state index in [-0.39, 0.29) is 11.8 Å². The van der Waals surface area contributed by atoms with Crippen LogP contribution in [0.2, 0.25) is 0 Å². The lowest BCUT2D eigenvalue weighted by Gasteiger charge is -2.39. The SMILES string of the molecule is CC(C)(C)N(C(=O)O)[C@@H]1CC[C@@H](c2cccc(F)c2F)Cn2c(C3CCOC3)cnc21. The van der Waals surface area contributed by atoms with Gasteiger partial charge in [-0.2, -0.15) is 0 Å². The van der Waals surface area contributed by atoms with Gasteiger partial charge in [0.05, 0.1) is 12.6 Å². The summed E-state index contributed by atoms with van der Waals surface area (Å²) in [6.07, 6.45) is 2.63. The average Bonchev–Trinajstić information content (AvgIpc) is 3.31. The zero-order valence-electron chi connectivity index (χ0n) is 18.1. The highest BCUT2D eigenvalue weighted by Gasteiger charge is 2.40. The summed E-state index contributed by atoms with van der Waals surface area (Å²) >= 11 is 0. The number of hydrogen-bond donors (Lipinski definition) is 1.